The molecule has 2 atom stereocenters. The zero-order valence-electron chi connectivity index (χ0n) is 9.56. The van der Waals surface area contributed by atoms with Crippen LogP contribution in [0.2, 0.25) is 6.82 Å². The molecule has 0 bridgehead atoms. The second-order valence-corrected chi connectivity index (χ2v) is 3.84. The van der Waals surface area contributed by atoms with Gasteiger partial charge in [0, 0.05) is 24.8 Å². The largest absolute Gasteiger partial charge is 0.481 e. The highest BCUT2D eigenvalue weighted by molar-refractivity contribution is 6.50. The van der Waals surface area contributed by atoms with Gasteiger partial charge in [-0.2, -0.15) is 0 Å². The third kappa shape index (κ3) is 2.40. The van der Waals surface area contributed by atoms with Crippen LogP contribution in [0.1, 0.15) is 25.6 Å². The van der Waals surface area contributed by atoms with Crippen molar-refractivity contribution < 1.29 is 9.90 Å². The van der Waals surface area contributed by atoms with Gasteiger partial charge >= 0.3 is 5.97 Å². The highest BCUT2D eigenvalue weighted by atomic mass is 16.4. The van der Waals surface area contributed by atoms with Crippen LogP contribution in [0.25, 0.3) is 0 Å². The smallest absolute Gasteiger partial charge is 0.306 e. The van der Waals surface area contributed by atoms with Gasteiger partial charge in [0.25, 0.3) is 0 Å². The molecule has 1 radical (unpaired) electrons. The van der Waals surface area contributed by atoms with Gasteiger partial charge in [0.05, 0.1) is 5.92 Å². The molecular formula is C10H16BN2O2. The van der Waals surface area contributed by atoms with Gasteiger partial charge in [0.15, 0.2) is 7.28 Å². The van der Waals surface area contributed by atoms with Crippen molar-refractivity contribution in [2.75, 3.05) is 0 Å². The lowest BCUT2D eigenvalue weighted by molar-refractivity contribution is -0.141. The SMILES string of the molecule is C[B]c1cn(C)c(C(C)C(C)C(=O)O)n1. The van der Waals surface area contributed by atoms with Crippen LogP contribution in [0.3, 0.4) is 0 Å². The molecule has 0 aliphatic heterocycles. The molecule has 5 heteroatoms. The molecule has 0 aliphatic carbocycles. The molecule has 1 heterocycles. The first kappa shape index (κ1) is 11.8. The van der Waals surface area contributed by atoms with Crippen molar-refractivity contribution in [3.63, 3.8) is 0 Å². The van der Waals surface area contributed by atoms with Crippen molar-refractivity contribution in [2.24, 2.45) is 13.0 Å². The van der Waals surface area contributed by atoms with E-state index in [1.807, 2.05) is 38.8 Å². The number of carboxylic acid groups (broad SMARTS) is 1. The highest BCUT2D eigenvalue weighted by Crippen LogP contribution is 2.21. The summed E-state index contributed by atoms with van der Waals surface area (Å²) in [7, 11) is 3.79. The molecule has 1 aromatic rings. The Bertz CT molecular complexity index is 362. The molecule has 0 fully saturated rings. The number of aromatic nitrogens is 2. The van der Waals surface area contributed by atoms with Crippen molar-refractivity contribution >= 4 is 18.8 Å². The second kappa shape index (κ2) is 4.51. The fourth-order valence-electron chi connectivity index (χ4n) is 1.50. The van der Waals surface area contributed by atoms with Gasteiger partial charge < -0.3 is 9.67 Å². The van der Waals surface area contributed by atoms with Crippen LogP contribution in [-0.2, 0) is 11.8 Å². The molecule has 0 saturated carbocycles. The number of carboxylic acids is 1. The van der Waals surface area contributed by atoms with Gasteiger partial charge in [-0.3, -0.25) is 4.79 Å². The molecule has 0 saturated heterocycles. The number of imidazole rings is 1. The first-order valence-electron chi connectivity index (χ1n) is 5.02. The lowest BCUT2D eigenvalue weighted by Gasteiger charge is -2.15. The third-order valence-corrected chi connectivity index (χ3v) is 2.77. The average Bonchev–Trinajstić information content (AvgIpc) is 2.57. The Morgan fingerprint density at radius 2 is 2.20 bits per heavy atom. The van der Waals surface area contributed by atoms with E-state index in [-0.39, 0.29) is 5.92 Å². The predicted molar refractivity (Wildman–Crippen MR) is 59.7 cm³/mol. The maximum Gasteiger partial charge on any atom is 0.306 e. The number of rotatable bonds is 4. The summed E-state index contributed by atoms with van der Waals surface area (Å²) in [5.41, 5.74) is 0.886. The zero-order valence-corrected chi connectivity index (χ0v) is 9.56. The van der Waals surface area contributed by atoms with E-state index in [1.54, 1.807) is 6.92 Å². The number of carbonyl (C=O) groups is 1. The molecule has 2 unspecified atom stereocenters. The van der Waals surface area contributed by atoms with Gasteiger partial charge in [-0.05, 0) is 0 Å². The number of hydrogen-bond acceptors (Lipinski definition) is 2. The molecule has 1 aromatic heterocycles. The van der Waals surface area contributed by atoms with Crippen LogP contribution in [0.5, 0.6) is 0 Å². The summed E-state index contributed by atoms with van der Waals surface area (Å²) in [6.07, 6.45) is 1.90. The van der Waals surface area contributed by atoms with E-state index in [0.717, 1.165) is 11.4 Å². The fourth-order valence-corrected chi connectivity index (χ4v) is 1.50. The summed E-state index contributed by atoms with van der Waals surface area (Å²) in [4.78, 5) is 15.2. The van der Waals surface area contributed by atoms with E-state index in [9.17, 15) is 4.79 Å². The van der Waals surface area contributed by atoms with Crippen molar-refractivity contribution in [1.82, 2.24) is 9.55 Å². The molecule has 0 amide bonds. The number of nitrogens with zero attached hydrogens (tertiary/aromatic N) is 2. The minimum absolute atomic E-state index is 0.0822. The Balaban J connectivity index is 2.94. The molecule has 4 nitrogen and oxygen atoms in total. The van der Waals surface area contributed by atoms with Gasteiger partial charge in [-0.1, -0.05) is 20.7 Å². The Morgan fingerprint density at radius 1 is 1.60 bits per heavy atom. The third-order valence-electron chi connectivity index (χ3n) is 2.77. The quantitative estimate of drug-likeness (QED) is 0.736. The first-order valence-corrected chi connectivity index (χ1v) is 5.02. The Labute approximate surface area is 90.6 Å². The summed E-state index contributed by atoms with van der Waals surface area (Å²) in [6.45, 7) is 5.51. The minimum Gasteiger partial charge on any atom is -0.481 e. The van der Waals surface area contributed by atoms with Gasteiger partial charge in [0.2, 0.25) is 0 Å². The second-order valence-electron chi connectivity index (χ2n) is 3.84. The average molecular weight is 207 g/mol. The fraction of sp³-hybridized carbons (Fsp3) is 0.600. The topological polar surface area (TPSA) is 55.1 Å². The minimum atomic E-state index is -0.785. The molecular weight excluding hydrogens is 191 g/mol. The molecule has 0 aromatic carbocycles. The normalized spacial score (nSPS) is 14.7. The Hall–Kier alpha value is -1.26. The van der Waals surface area contributed by atoms with Gasteiger partial charge in [-0.25, -0.2) is 4.98 Å². The number of aliphatic carboxylic acids is 1. The summed E-state index contributed by atoms with van der Waals surface area (Å²) in [5, 5.41) is 8.92. The summed E-state index contributed by atoms with van der Waals surface area (Å²) in [5.74, 6) is -0.470. The number of aryl methyl sites for hydroxylation is 1. The van der Waals surface area contributed by atoms with Crippen LogP contribution in [0.4, 0.5) is 0 Å². The Kier molecular flexibility index (Phi) is 3.55. The van der Waals surface area contributed by atoms with E-state index < -0.39 is 11.9 Å². The van der Waals surface area contributed by atoms with E-state index in [4.69, 9.17) is 5.11 Å². The monoisotopic (exact) mass is 207 g/mol. The van der Waals surface area contributed by atoms with E-state index in [1.165, 1.54) is 0 Å². The van der Waals surface area contributed by atoms with E-state index in [2.05, 4.69) is 4.98 Å². The summed E-state index contributed by atoms with van der Waals surface area (Å²) >= 11 is 0. The van der Waals surface area contributed by atoms with E-state index >= 15 is 0 Å². The zero-order chi connectivity index (χ0) is 11.6. The van der Waals surface area contributed by atoms with Crippen LogP contribution < -0.4 is 5.59 Å². The van der Waals surface area contributed by atoms with Crippen LogP contribution in [0, 0.1) is 5.92 Å². The van der Waals surface area contributed by atoms with E-state index in [0.29, 0.717) is 0 Å². The van der Waals surface area contributed by atoms with Crippen LogP contribution in [0.15, 0.2) is 6.20 Å². The number of hydrogen-bond donors (Lipinski definition) is 1. The van der Waals surface area contributed by atoms with Crippen LogP contribution in [-0.4, -0.2) is 27.9 Å². The molecule has 0 spiro atoms. The standard InChI is InChI=1S/C10H16BN2O2/c1-6(7(2)10(14)15)9-12-8(11-3)5-13(9)4/h5-7H,1-4H3,(H,14,15). The molecule has 15 heavy (non-hydrogen) atoms. The maximum atomic E-state index is 10.9. The molecule has 0 aliphatic rings. The summed E-state index contributed by atoms with van der Waals surface area (Å²) < 4.78 is 1.89. The molecule has 81 valence electrons. The van der Waals surface area contributed by atoms with Crippen molar-refractivity contribution in [1.29, 1.82) is 0 Å². The lowest BCUT2D eigenvalue weighted by atomic mass is 9.79. The van der Waals surface area contributed by atoms with Crippen LogP contribution >= 0.6 is 0 Å². The predicted octanol–water partition coefficient (Wildman–Crippen LogP) is 0.622. The van der Waals surface area contributed by atoms with Gasteiger partial charge in [0.1, 0.15) is 5.82 Å². The van der Waals surface area contributed by atoms with Gasteiger partial charge in [-0.15, -0.1) is 0 Å². The highest BCUT2D eigenvalue weighted by Gasteiger charge is 2.24. The molecule has 1 N–H and O–H groups in total. The van der Waals surface area contributed by atoms with Crippen molar-refractivity contribution in [3.8, 4) is 0 Å². The first-order chi connectivity index (χ1) is 6.97. The Morgan fingerprint density at radius 3 is 2.60 bits per heavy atom. The lowest BCUT2D eigenvalue weighted by Crippen LogP contribution is -2.20. The van der Waals surface area contributed by atoms with Crippen molar-refractivity contribution in [2.45, 2.75) is 26.6 Å². The summed E-state index contributed by atoms with van der Waals surface area (Å²) in [6, 6.07) is 0. The molecule has 1 rings (SSSR count). The van der Waals surface area contributed by atoms with Crippen molar-refractivity contribution in [3.05, 3.63) is 12.0 Å². The maximum absolute atomic E-state index is 10.9.